The van der Waals surface area contributed by atoms with Crippen molar-refractivity contribution in [2.75, 3.05) is 5.73 Å². The highest BCUT2D eigenvalue weighted by Crippen LogP contribution is 2.54. The lowest BCUT2D eigenvalue weighted by atomic mass is 9.74. The first kappa shape index (κ1) is 10.0. The van der Waals surface area contributed by atoms with Gasteiger partial charge < -0.3 is 10.5 Å². The Morgan fingerprint density at radius 1 is 1.38 bits per heavy atom. The quantitative estimate of drug-likeness (QED) is 0.676. The zero-order valence-electron chi connectivity index (χ0n) is 10.0. The molecule has 0 amide bonds. The van der Waals surface area contributed by atoms with Crippen LogP contribution in [0.15, 0.2) is 12.1 Å². The summed E-state index contributed by atoms with van der Waals surface area (Å²) in [6.07, 6.45) is 5.00. The first-order chi connectivity index (χ1) is 7.62. The number of nitrogens with two attached hydrogens (primary N) is 1. The van der Waals surface area contributed by atoms with E-state index in [1.807, 2.05) is 6.07 Å². The standard InChI is InChI=1S/C14H19NO/c1-9-6-7-11(15)13-12(9)10-5-3-4-8-14(10,2)16-13/h6-7,10H,3-5,8,15H2,1-2H3. The summed E-state index contributed by atoms with van der Waals surface area (Å²) in [7, 11) is 0. The number of benzene rings is 1. The molecule has 0 bridgehead atoms. The number of ether oxygens (including phenoxy) is 1. The lowest BCUT2D eigenvalue weighted by Crippen LogP contribution is -2.37. The van der Waals surface area contributed by atoms with Gasteiger partial charge >= 0.3 is 0 Å². The normalized spacial score (nSPS) is 31.8. The van der Waals surface area contributed by atoms with E-state index in [0.29, 0.717) is 5.92 Å². The SMILES string of the molecule is Cc1ccc(N)c2c1C1CCCCC1(C)O2. The molecule has 3 rings (SSSR count). The molecule has 2 nitrogen and oxygen atoms in total. The Balaban J connectivity index is 2.16. The first-order valence-electron chi connectivity index (χ1n) is 6.20. The van der Waals surface area contributed by atoms with Crippen LogP contribution in [-0.4, -0.2) is 5.60 Å². The van der Waals surface area contributed by atoms with Gasteiger partial charge in [-0.25, -0.2) is 0 Å². The van der Waals surface area contributed by atoms with Crippen molar-refractivity contribution in [1.29, 1.82) is 0 Å². The molecule has 2 aliphatic rings. The fourth-order valence-corrected chi connectivity index (χ4v) is 3.37. The van der Waals surface area contributed by atoms with E-state index in [2.05, 4.69) is 19.9 Å². The van der Waals surface area contributed by atoms with Gasteiger partial charge in [0.25, 0.3) is 0 Å². The predicted octanol–water partition coefficient (Wildman–Crippen LogP) is 3.39. The van der Waals surface area contributed by atoms with E-state index in [1.165, 1.54) is 30.4 Å². The number of nitrogen functional groups attached to an aromatic ring is 1. The molecule has 16 heavy (non-hydrogen) atoms. The Hall–Kier alpha value is -1.18. The third-order valence-corrected chi connectivity index (χ3v) is 4.28. The molecule has 1 aliphatic carbocycles. The van der Waals surface area contributed by atoms with Gasteiger partial charge in [0.2, 0.25) is 0 Å². The van der Waals surface area contributed by atoms with Crippen LogP contribution in [0.5, 0.6) is 5.75 Å². The second kappa shape index (κ2) is 3.16. The van der Waals surface area contributed by atoms with Crippen LogP contribution in [0.4, 0.5) is 5.69 Å². The second-order valence-corrected chi connectivity index (χ2v) is 5.43. The Morgan fingerprint density at radius 3 is 3.00 bits per heavy atom. The average Bonchev–Trinajstić information content (AvgIpc) is 2.58. The van der Waals surface area contributed by atoms with Crippen LogP contribution in [0.1, 0.15) is 49.7 Å². The van der Waals surface area contributed by atoms with Crippen molar-refractivity contribution in [2.45, 2.75) is 51.0 Å². The average molecular weight is 217 g/mol. The minimum atomic E-state index is 0.000810. The van der Waals surface area contributed by atoms with Crippen molar-refractivity contribution in [1.82, 2.24) is 0 Å². The Bertz CT molecular complexity index is 441. The molecule has 1 aliphatic heterocycles. The Morgan fingerprint density at radius 2 is 2.19 bits per heavy atom. The molecule has 1 aromatic rings. The molecular weight excluding hydrogens is 198 g/mol. The van der Waals surface area contributed by atoms with Gasteiger partial charge in [0, 0.05) is 11.5 Å². The summed E-state index contributed by atoms with van der Waals surface area (Å²) in [5.74, 6) is 1.52. The van der Waals surface area contributed by atoms with E-state index in [9.17, 15) is 0 Å². The molecule has 0 spiro atoms. The van der Waals surface area contributed by atoms with Gasteiger partial charge in [0.15, 0.2) is 0 Å². The van der Waals surface area contributed by atoms with Crippen molar-refractivity contribution in [3.8, 4) is 5.75 Å². The molecular formula is C14H19NO. The Labute approximate surface area is 96.8 Å². The molecule has 2 unspecified atom stereocenters. The molecule has 1 saturated carbocycles. The highest BCUT2D eigenvalue weighted by atomic mass is 16.5. The van der Waals surface area contributed by atoms with Crippen LogP contribution in [-0.2, 0) is 0 Å². The maximum absolute atomic E-state index is 6.18. The molecule has 1 fully saturated rings. The van der Waals surface area contributed by atoms with Crippen molar-refractivity contribution in [3.63, 3.8) is 0 Å². The van der Waals surface area contributed by atoms with Gasteiger partial charge in [0.1, 0.15) is 11.4 Å². The molecule has 2 atom stereocenters. The summed E-state index contributed by atoms with van der Waals surface area (Å²) < 4.78 is 6.18. The minimum absolute atomic E-state index is 0.000810. The van der Waals surface area contributed by atoms with Crippen LogP contribution in [0.3, 0.4) is 0 Å². The van der Waals surface area contributed by atoms with Gasteiger partial charge in [-0.3, -0.25) is 0 Å². The zero-order valence-corrected chi connectivity index (χ0v) is 10.0. The molecule has 86 valence electrons. The molecule has 1 heterocycles. The highest BCUT2D eigenvalue weighted by molar-refractivity contribution is 5.63. The summed E-state index contributed by atoms with van der Waals surface area (Å²) >= 11 is 0. The smallest absolute Gasteiger partial charge is 0.146 e. The molecule has 0 saturated heterocycles. The fraction of sp³-hybridized carbons (Fsp3) is 0.571. The topological polar surface area (TPSA) is 35.2 Å². The number of hydrogen-bond donors (Lipinski definition) is 1. The lowest BCUT2D eigenvalue weighted by molar-refractivity contribution is 0.0553. The molecule has 2 N–H and O–H groups in total. The van der Waals surface area contributed by atoms with Crippen LogP contribution in [0.2, 0.25) is 0 Å². The number of hydrogen-bond acceptors (Lipinski definition) is 2. The number of fused-ring (bicyclic) bond motifs is 3. The van der Waals surface area contributed by atoms with E-state index in [0.717, 1.165) is 17.9 Å². The summed E-state index contributed by atoms with van der Waals surface area (Å²) in [4.78, 5) is 0. The van der Waals surface area contributed by atoms with Gasteiger partial charge in [0.05, 0.1) is 5.69 Å². The second-order valence-electron chi connectivity index (χ2n) is 5.43. The van der Waals surface area contributed by atoms with Crippen LogP contribution in [0, 0.1) is 6.92 Å². The zero-order chi connectivity index (χ0) is 11.3. The summed E-state index contributed by atoms with van der Waals surface area (Å²) in [6, 6.07) is 4.09. The fourth-order valence-electron chi connectivity index (χ4n) is 3.37. The lowest BCUT2D eigenvalue weighted by Gasteiger charge is -2.35. The third kappa shape index (κ3) is 1.19. The van der Waals surface area contributed by atoms with E-state index in [4.69, 9.17) is 10.5 Å². The van der Waals surface area contributed by atoms with E-state index >= 15 is 0 Å². The molecule has 0 aromatic heterocycles. The highest BCUT2D eigenvalue weighted by Gasteiger charge is 2.47. The number of anilines is 1. The third-order valence-electron chi connectivity index (χ3n) is 4.28. The van der Waals surface area contributed by atoms with Crippen LogP contribution in [0.25, 0.3) is 0 Å². The van der Waals surface area contributed by atoms with Crippen molar-refractivity contribution < 1.29 is 4.74 Å². The van der Waals surface area contributed by atoms with Gasteiger partial charge in [-0.2, -0.15) is 0 Å². The van der Waals surface area contributed by atoms with Crippen LogP contribution >= 0.6 is 0 Å². The maximum atomic E-state index is 6.18. The first-order valence-corrected chi connectivity index (χ1v) is 6.20. The predicted molar refractivity (Wildman–Crippen MR) is 65.8 cm³/mol. The van der Waals surface area contributed by atoms with E-state index < -0.39 is 0 Å². The largest absolute Gasteiger partial charge is 0.484 e. The summed E-state index contributed by atoms with van der Waals surface area (Å²) in [6.45, 7) is 4.41. The minimum Gasteiger partial charge on any atom is -0.484 e. The number of aryl methyl sites for hydroxylation is 1. The number of rotatable bonds is 0. The molecule has 0 radical (unpaired) electrons. The van der Waals surface area contributed by atoms with E-state index in [-0.39, 0.29) is 5.60 Å². The Kier molecular flexibility index (Phi) is 1.97. The van der Waals surface area contributed by atoms with Gasteiger partial charge in [-0.05, 0) is 44.7 Å². The molecule has 2 heteroatoms. The summed E-state index contributed by atoms with van der Waals surface area (Å²) in [5.41, 5.74) is 9.54. The maximum Gasteiger partial charge on any atom is 0.146 e. The monoisotopic (exact) mass is 217 g/mol. The summed E-state index contributed by atoms with van der Waals surface area (Å²) in [5, 5.41) is 0. The van der Waals surface area contributed by atoms with Gasteiger partial charge in [-0.1, -0.05) is 12.5 Å². The van der Waals surface area contributed by atoms with Crippen molar-refractivity contribution in [2.24, 2.45) is 0 Å². The van der Waals surface area contributed by atoms with Crippen LogP contribution < -0.4 is 10.5 Å². The van der Waals surface area contributed by atoms with Crippen molar-refractivity contribution in [3.05, 3.63) is 23.3 Å². The van der Waals surface area contributed by atoms with E-state index in [1.54, 1.807) is 0 Å². The molecule has 1 aromatic carbocycles. The van der Waals surface area contributed by atoms with Crippen molar-refractivity contribution >= 4 is 5.69 Å². The van der Waals surface area contributed by atoms with Gasteiger partial charge in [-0.15, -0.1) is 0 Å².